The summed E-state index contributed by atoms with van der Waals surface area (Å²) in [6.07, 6.45) is 3.08. The molecule has 1 fully saturated rings. The summed E-state index contributed by atoms with van der Waals surface area (Å²) in [6, 6.07) is 5.48. The molecule has 25 heavy (non-hydrogen) atoms. The average Bonchev–Trinajstić information content (AvgIpc) is 3.12. The highest BCUT2D eigenvalue weighted by molar-refractivity contribution is 5.95. The Hall–Kier alpha value is -2.70. The van der Waals surface area contributed by atoms with Crippen LogP contribution in [0, 0.1) is 6.92 Å². The molecule has 132 valence electrons. The minimum atomic E-state index is -0.213. The van der Waals surface area contributed by atoms with Gasteiger partial charge in [-0.05, 0) is 31.9 Å². The fourth-order valence-electron chi connectivity index (χ4n) is 3.33. The first-order chi connectivity index (χ1) is 11.9. The number of pyridine rings is 1. The fourth-order valence-corrected chi connectivity index (χ4v) is 3.33. The summed E-state index contributed by atoms with van der Waals surface area (Å²) in [7, 11) is 1.61. The van der Waals surface area contributed by atoms with Crippen molar-refractivity contribution in [3.63, 3.8) is 0 Å². The van der Waals surface area contributed by atoms with E-state index in [0.29, 0.717) is 24.3 Å². The zero-order valence-corrected chi connectivity index (χ0v) is 14.8. The normalized spacial score (nSPS) is 16.5. The number of nitrogens with one attached hydrogen (secondary N) is 2. The Kier molecular flexibility index (Phi) is 4.57. The first-order valence-electron chi connectivity index (χ1n) is 8.43. The molecule has 2 amide bonds. The summed E-state index contributed by atoms with van der Waals surface area (Å²) in [5.41, 5.74) is 2.52. The Bertz CT molecular complexity index is 790. The topological polar surface area (TPSA) is 91.0 Å². The number of amides is 2. The van der Waals surface area contributed by atoms with Crippen LogP contribution in [0.25, 0.3) is 0 Å². The van der Waals surface area contributed by atoms with Crippen molar-refractivity contribution in [2.24, 2.45) is 0 Å². The number of hydrogen-bond acceptors (Lipinski definition) is 4. The van der Waals surface area contributed by atoms with Crippen LogP contribution < -0.4 is 5.32 Å². The second kappa shape index (κ2) is 6.66. The molecule has 7 nitrogen and oxygen atoms in total. The molecule has 2 aromatic heterocycles. The molecule has 0 radical (unpaired) electrons. The van der Waals surface area contributed by atoms with Crippen LogP contribution in [0.2, 0.25) is 0 Å². The van der Waals surface area contributed by atoms with Gasteiger partial charge in [-0.1, -0.05) is 13.0 Å². The number of rotatable bonds is 3. The van der Waals surface area contributed by atoms with Crippen LogP contribution in [0.1, 0.15) is 52.0 Å². The Morgan fingerprint density at radius 3 is 2.64 bits per heavy atom. The van der Waals surface area contributed by atoms with Gasteiger partial charge in [0.05, 0.1) is 17.5 Å². The van der Waals surface area contributed by atoms with Crippen LogP contribution in [-0.4, -0.2) is 52.0 Å². The average molecular weight is 341 g/mol. The molecule has 3 rings (SSSR count). The first kappa shape index (κ1) is 17.1. The number of carbonyl (C=O) groups excluding carboxylic acids is 2. The molecule has 1 saturated heterocycles. The zero-order chi connectivity index (χ0) is 18.0. The minimum Gasteiger partial charge on any atom is -0.355 e. The van der Waals surface area contributed by atoms with Gasteiger partial charge < -0.3 is 10.2 Å². The van der Waals surface area contributed by atoms with Gasteiger partial charge in [-0.2, -0.15) is 5.10 Å². The Morgan fingerprint density at radius 2 is 2.00 bits per heavy atom. The van der Waals surface area contributed by atoms with Gasteiger partial charge >= 0.3 is 0 Å². The summed E-state index contributed by atoms with van der Waals surface area (Å²) >= 11 is 0. The van der Waals surface area contributed by atoms with E-state index in [9.17, 15) is 9.59 Å². The maximum absolute atomic E-state index is 12.7. The highest BCUT2D eigenvalue weighted by atomic mass is 16.2. The number of hydrogen-bond donors (Lipinski definition) is 2. The summed E-state index contributed by atoms with van der Waals surface area (Å²) in [5, 5.41) is 9.68. The lowest BCUT2D eigenvalue weighted by molar-refractivity contribution is 0.0665. The van der Waals surface area contributed by atoms with Crippen LogP contribution >= 0.6 is 0 Å². The Labute approximate surface area is 146 Å². The predicted octanol–water partition coefficient (Wildman–Crippen LogP) is 1.67. The van der Waals surface area contributed by atoms with Gasteiger partial charge in [0.1, 0.15) is 5.69 Å². The number of piperidine rings is 1. The number of aromatic amines is 1. The molecule has 0 spiro atoms. The van der Waals surface area contributed by atoms with Gasteiger partial charge in [0, 0.05) is 31.2 Å². The van der Waals surface area contributed by atoms with Crippen LogP contribution in [0.5, 0.6) is 0 Å². The summed E-state index contributed by atoms with van der Waals surface area (Å²) < 4.78 is 0. The second-order valence-corrected chi connectivity index (χ2v) is 6.75. The van der Waals surface area contributed by atoms with Gasteiger partial charge in [0.15, 0.2) is 0 Å². The molecule has 0 bridgehead atoms. The summed E-state index contributed by atoms with van der Waals surface area (Å²) in [4.78, 5) is 30.8. The van der Waals surface area contributed by atoms with E-state index in [4.69, 9.17) is 0 Å². The molecule has 0 unspecified atom stereocenters. The van der Waals surface area contributed by atoms with Crippen molar-refractivity contribution in [1.82, 2.24) is 25.4 Å². The lowest BCUT2D eigenvalue weighted by Gasteiger charge is -2.39. The van der Waals surface area contributed by atoms with Crippen molar-refractivity contribution < 1.29 is 9.59 Å². The molecule has 3 heterocycles. The van der Waals surface area contributed by atoms with Crippen molar-refractivity contribution in [3.05, 3.63) is 47.0 Å². The number of nitrogens with zero attached hydrogens (tertiary/aromatic N) is 3. The smallest absolute Gasteiger partial charge is 0.272 e. The fraction of sp³-hybridized carbons (Fsp3) is 0.444. The van der Waals surface area contributed by atoms with Crippen LogP contribution in [0.4, 0.5) is 0 Å². The number of aromatic nitrogens is 3. The Morgan fingerprint density at radius 1 is 1.28 bits per heavy atom. The van der Waals surface area contributed by atoms with E-state index < -0.39 is 0 Å². The van der Waals surface area contributed by atoms with Crippen molar-refractivity contribution in [2.75, 3.05) is 20.1 Å². The molecule has 0 atom stereocenters. The van der Waals surface area contributed by atoms with Gasteiger partial charge in [-0.15, -0.1) is 0 Å². The SMILES string of the molecule is CNC(=O)c1cn[nH]c1C1(C)CCN(C(=O)c2cccc(C)n2)CC1. The van der Waals surface area contributed by atoms with Gasteiger partial charge in [-0.25, -0.2) is 4.98 Å². The van der Waals surface area contributed by atoms with E-state index in [-0.39, 0.29) is 17.2 Å². The lowest BCUT2D eigenvalue weighted by Crippen LogP contribution is -2.45. The third-order valence-corrected chi connectivity index (χ3v) is 4.98. The van der Waals surface area contributed by atoms with Crippen molar-refractivity contribution in [1.29, 1.82) is 0 Å². The quantitative estimate of drug-likeness (QED) is 0.888. The van der Waals surface area contributed by atoms with Crippen LogP contribution in [0.3, 0.4) is 0 Å². The van der Waals surface area contributed by atoms with E-state index in [2.05, 4.69) is 27.4 Å². The summed E-state index contributed by atoms with van der Waals surface area (Å²) in [5.74, 6) is -0.186. The van der Waals surface area contributed by atoms with Gasteiger partial charge in [0.25, 0.3) is 11.8 Å². The molecule has 1 aliphatic heterocycles. The molecular weight excluding hydrogens is 318 g/mol. The maximum atomic E-state index is 12.7. The van der Waals surface area contributed by atoms with Crippen molar-refractivity contribution >= 4 is 11.8 Å². The Balaban J connectivity index is 1.74. The van der Waals surface area contributed by atoms with E-state index in [1.807, 2.05) is 24.0 Å². The van der Waals surface area contributed by atoms with E-state index >= 15 is 0 Å². The monoisotopic (exact) mass is 341 g/mol. The lowest BCUT2D eigenvalue weighted by atomic mass is 9.76. The third kappa shape index (κ3) is 3.26. The molecule has 0 aliphatic carbocycles. The molecule has 7 heteroatoms. The molecule has 2 N–H and O–H groups in total. The second-order valence-electron chi connectivity index (χ2n) is 6.75. The zero-order valence-electron chi connectivity index (χ0n) is 14.8. The molecule has 2 aromatic rings. The minimum absolute atomic E-state index is 0.0399. The number of H-pyrrole nitrogens is 1. The van der Waals surface area contributed by atoms with Gasteiger partial charge in [0.2, 0.25) is 0 Å². The standard InChI is InChI=1S/C18H23N5O2/c1-12-5-4-6-14(21-12)17(25)23-9-7-18(2,8-10-23)15-13(11-20-22-15)16(24)19-3/h4-6,11H,7-10H2,1-3H3,(H,19,24)(H,20,22). The van der Waals surface area contributed by atoms with E-state index in [1.165, 1.54) is 0 Å². The molecule has 0 aromatic carbocycles. The molecule has 0 saturated carbocycles. The maximum Gasteiger partial charge on any atom is 0.272 e. The van der Waals surface area contributed by atoms with Crippen LogP contribution in [0.15, 0.2) is 24.4 Å². The van der Waals surface area contributed by atoms with E-state index in [0.717, 1.165) is 24.2 Å². The van der Waals surface area contributed by atoms with E-state index in [1.54, 1.807) is 19.3 Å². The summed E-state index contributed by atoms with van der Waals surface area (Å²) in [6.45, 7) is 5.23. The predicted molar refractivity (Wildman–Crippen MR) is 93.4 cm³/mol. The highest BCUT2D eigenvalue weighted by Crippen LogP contribution is 2.36. The third-order valence-electron chi connectivity index (χ3n) is 4.98. The number of aryl methyl sites for hydroxylation is 1. The van der Waals surface area contributed by atoms with Crippen molar-refractivity contribution in [2.45, 2.75) is 32.1 Å². The number of likely N-dealkylation sites (tertiary alicyclic amines) is 1. The highest BCUT2D eigenvalue weighted by Gasteiger charge is 2.37. The van der Waals surface area contributed by atoms with Crippen molar-refractivity contribution in [3.8, 4) is 0 Å². The van der Waals surface area contributed by atoms with Crippen LogP contribution in [-0.2, 0) is 5.41 Å². The molecule has 1 aliphatic rings. The first-order valence-corrected chi connectivity index (χ1v) is 8.43. The number of carbonyl (C=O) groups is 2. The molecular formula is C18H23N5O2. The largest absolute Gasteiger partial charge is 0.355 e. The van der Waals surface area contributed by atoms with Gasteiger partial charge in [-0.3, -0.25) is 14.7 Å².